The van der Waals surface area contributed by atoms with E-state index < -0.39 is 42.2 Å². The number of ether oxygens (including phenoxy) is 2. The fourth-order valence-corrected chi connectivity index (χ4v) is 9.24. The zero-order valence-corrected chi connectivity index (χ0v) is 41.4. The Balaban J connectivity index is 0.820. The minimum atomic E-state index is -1.26. The molecule has 10 N–H and O–H groups in total. The minimum absolute atomic E-state index is 0.0486. The average molecular weight is 1020 g/mol. The molecule has 1 saturated heterocycles. The van der Waals surface area contributed by atoms with Crippen LogP contribution in [-0.2, 0) is 35.3 Å². The predicted octanol–water partition coefficient (Wildman–Crippen LogP) is 3.20. The van der Waals surface area contributed by atoms with E-state index in [1.54, 1.807) is 52.1 Å². The van der Waals surface area contributed by atoms with Crippen molar-refractivity contribution in [2.75, 3.05) is 48.8 Å². The maximum atomic E-state index is 14.9. The average Bonchev–Trinajstić information content (AvgIpc) is 3.67. The molecule has 2 fully saturated rings. The summed E-state index contributed by atoms with van der Waals surface area (Å²) in [7, 11) is 1.71. The molecular formula is C50H61FN14O9. The molecule has 2 unspecified atom stereocenters. The molecule has 1 aliphatic carbocycles. The lowest BCUT2D eigenvalue weighted by Gasteiger charge is -2.25. The van der Waals surface area contributed by atoms with Gasteiger partial charge in [-0.3, -0.25) is 39.9 Å². The van der Waals surface area contributed by atoms with Crippen molar-refractivity contribution in [1.29, 1.82) is 0 Å². The molecule has 23 nitrogen and oxygen atoms in total. The molecule has 3 aliphatic rings. The van der Waals surface area contributed by atoms with E-state index in [0.717, 1.165) is 4.90 Å². The summed E-state index contributed by atoms with van der Waals surface area (Å²) in [6.07, 6.45) is 5.90. The van der Waals surface area contributed by atoms with Gasteiger partial charge in [0.25, 0.3) is 11.8 Å². The maximum absolute atomic E-state index is 14.9. The molecule has 5 aromatic rings. The lowest BCUT2D eigenvalue weighted by molar-refractivity contribution is -0.137. The molecule has 1 saturated carbocycles. The van der Waals surface area contributed by atoms with Crippen molar-refractivity contribution in [1.82, 2.24) is 51.1 Å². The number of hydrogen-bond acceptors (Lipinski definition) is 17. The zero-order chi connectivity index (χ0) is 52.6. The lowest BCUT2D eigenvalue weighted by atomic mass is 10.0. The number of piperidine rings is 1. The number of carbonyl (C=O) groups excluding carboxylic acids is 6. The van der Waals surface area contributed by atoms with Crippen LogP contribution in [0, 0.1) is 30.5 Å². The highest BCUT2D eigenvalue weighted by Crippen LogP contribution is 2.48. The molecule has 6 atom stereocenters. The number of nitrogens with zero attached hydrogens (tertiary/aromatic N) is 6. The Morgan fingerprint density at radius 2 is 1.66 bits per heavy atom. The van der Waals surface area contributed by atoms with Crippen LogP contribution >= 0.6 is 0 Å². The van der Waals surface area contributed by atoms with Gasteiger partial charge in [-0.1, -0.05) is 32.4 Å². The monoisotopic (exact) mass is 1020 g/mol. The summed E-state index contributed by atoms with van der Waals surface area (Å²) >= 11 is 0. The van der Waals surface area contributed by atoms with Crippen molar-refractivity contribution in [2.45, 2.75) is 90.4 Å². The Hall–Kier alpha value is -7.83. The van der Waals surface area contributed by atoms with Gasteiger partial charge in [-0.25, -0.2) is 19.2 Å². The molecule has 6 amide bonds. The van der Waals surface area contributed by atoms with E-state index in [1.165, 1.54) is 36.7 Å². The highest BCUT2D eigenvalue weighted by Gasteiger charge is 2.57. The normalized spacial score (nSPS) is 18.1. The summed E-state index contributed by atoms with van der Waals surface area (Å²) < 4.78 is 26.4. The summed E-state index contributed by atoms with van der Waals surface area (Å²) in [5, 5.41) is 27.8. The number of nitrogens with two attached hydrogens (primary N) is 1. The Morgan fingerprint density at radius 1 is 0.946 bits per heavy atom. The third-order valence-corrected chi connectivity index (χ3v) is 13.2. The van der Waals surface area contributed by atoms with Gasteiger partial charge < -0.3 is 51.0 Å². The number of hydrogen-bond donors (Lipinski definition) is 9. The Kier molecular flexibility index (Phi) is 16.6. The highest BCUT2D eigenvalue weighted by molar-refractivity contribution is 6.15. The third-order valence-electron chi connectivity index (χ3n) is 13.2. The van der Waals surface area contributed by atoms with Gasteiger partial charge in [0.2, 0.25) is 17.7 Å². The lowest BCUT2D eigenvalue weighted by Crippen LogP contribution is -2.54. The molecular weight excluding hydrogens is 960 g/mol. The minimum Gasteiger partial charge on any atom is -0.445 e. The number of halogens is 1. The van der Waals surface area contributed by atoms with Gasteiger partial charge in [0.15, 0.2) is 12.1 Å². The fourth-order valence-electron chi connectivity index (χ4n) is 9.24. The van der Waals surface area contributed by atoms with Crippen molar-refractivity contribution < 1.29 is 47.7 Å². The van der Waals surface area contributed by atoms with E-state index in [-0.39, 0.29) is 80.1 Å². The molecule has 3 aromatic heterocycles. The van der Waals surface area contributed by atoms with Crippen LogP contribution in [0.4, 0.5) is 26.4 Å². The molecule has 2 aromatic carbocycles. The van der Waals surface area contributed by atoms with Crippen LogP contribution < -0.4 is 47.3 Å². The van der Waals surface area contributed by atoms with Crippen molar-refractivity contribution in [3.8, 4) is 11.8 Å². The second-order valence-corrected chi connectivity index (χ2v) is 18.9. The topological polar surface area (TPSA) is 313 Å². The molecule has 24 heteroatoms. The Morgan fingerprint density at radius 3 is 2.34 bits per heavy atom. The van der Waals surface area contributed by atoms with Crippen molar-refractivity contribution in [3.05, 3.63) is 78.1 Å². The number of aryl methyl sites for hydroxylation is 1. The van der Waals surface area contributed by atoms with E-state index in [2.05, 4.69) is 56.7 Å². The largest absolute Gasteiger partial charge is 0.445 e. The summed E-state index contributed by atoms with van der Waals surface area (Å²) in [4.78, 5) is 101. The van der Waals surface area contributed by atoms with Gasteiger partial charge >= 0.3 is 12.1 Å². The van der Waals surface area contributed by atoms with E-state index in [4.69, 9.17) is 20.2 Å². The van der Waals surface area contributed by atoms with Crippen LogP contribution in [0.5, 0.6) is 11.8 Å². The maximum Gasteiger partial charge on any atom is 0.407 e. The first kappa shape index (κ1) is 52.5. The van der Waals surface area contributed by atoms with Crippen molar-refractivity contribution in [2.24, 2.45) is 23.5 Å². The van der Waals surface area contributed by atoms with Gasteiger partial charge in [0, 0.05) is 74.2 Å². The smallest absolute Gasteiger partial charge is 0.407 e. The first-order valence-corrected chi connectivity index (χ1v) is 24.6. The quantitative estimate of drug-likeness (QED) is 0.0243. The van der Waals surface area contributed by atoms with E-state index in [1.807, 2.05) is 0 Å². The number of nitrogens with one attached hydrogen (secondary N) is 7. The number of unbranched alkanes of at least 4 members (excludes halogenated alkanes) is 2. The second-order valence-electron chi connectivity index (χ2n) is 18.9. The van der Waals surface area contributed by atoms with E-state index in [0.29, 0.717) is 95.0 Å². The number of benzene rings is 2. The number of aliphatic hydroxyl groups is 1. The number of anilines is 3. The second kappa shape index (κ2) is 23.4. The highest BCUT2D eigenvalue weighted by atomic mass is 19.1. The number of H-pyrrole nitrogens is 1. The standard InChI is InChI=1S/C50H61FN14O9/c1-26(2)41(59-37(66)10-6-5-7-18-65-38(67)15-16-39(65)68)47(70)58-35(9-8-17-54-48(52)71)46(69)57-30-13-11-28(12-14-30)25-73-50(72)61-42-33-23-64(24-34(33)42)45-40-32-19-29(51)20-36(53-4)43(32)60-44(40)62-49(63-45)74-31-21-55-27(3)56-22-31/h11-16,19-22,26,33-35,41-42,48,53-54,71H,5-10,17-18,23-25,52H2,1-4H3,(H,57,69)(H,58,70)(H,59,66)(H,61,72)(H,60,62,63)/t33-,34+,35-,41-,42?,48?/m0/s1. The summed E-state index contributed by atoms with van der Waals surface area (Å²) in [6.45, 7) is 6.87. The number of aliphatic hydroxyl groups excluding tert-OH is 1. The summed E-state index contributed by atoms with van der Waals surface area (Å²) in [5.41, 5.74) is 8.16. The molecule has 74 heavy (non-hydrogen) atoms. The van der Waals surface area contributed by atoms with Gasteiger partial charge in [-0.15, -0.1) is 0 Å². The first-order chi connectivity index (χ1) is 35.5. The van der Waals surface area contributed by atoms with E-state index >= 15 is 0 Å². The number of aromatic nitrogens is 5. The van der Waals surface area contributed by atoms with Gasteiger partial charge in [0.05, 0.1) is 29.0 Å². The number of carbonyl (C=O) groups is 6. The first-order valence-electron chi connectivity index (χ1n) is 24.6. The van der Waals surface area contributed by atoms with Crippen LogP contribution in [0.2, 0.25) is 0 Å². The van der Waals surface area contributed by atoms with E-state index in [9.17, 15) is 38.3 Å². The van der Waals surface area contributed by atoms with Crippen LogP contribution in [-0.4, -0.2) is 128 Å². The number of rotatable bonds is 24. The van der Waals surface area contributed by atoms with Gasteiger partial charge in [-0.05, 0) is 74.9 Å². The molecule has 2 aliphatic heterocycles. The molecule has 392 valence electrons. The molecule has 0 radical (unpaired) electrons. The predicted molar refractivity (Wildman–Crippen MR) is 270 cm³/mol. The van der Waals surface area contributed by atoms with Crippen LogP contribution in [0.15, 0.2) is 60.9 Å². The Labute approximate surface area is 425 Å². The number of imide groups is 1. The summed E-state index contributed by atoms with van der Waals surface area (Å²) in [5.74, 6) is -1.20. The van der Waals surface area contributed by atoms with Gasteiger partial charge in [0.1, 0.15) is 41.8 Å². The zero-order valence-electron chi connectivity index (χ0n) is 41.4. The number of aromatic amines is 1. The molecule has 5 heterocycles. The number of alkyl carbamates (subject to hydrolysis) is 1. The van der Waals surface area contributed by atoms with Crippen LogP contribution in [0.25, 0.3) is 21.9 Å². The van der Waals surface area contributed by atoms with Crippen LogP contribution in [0.3, 0.4) is 0 Å². The molecule has 0 bridgehead atoms. The SMILES string of the molecule is CNc1cc(F)cc2c1[nH]c1nc(Oc3cnc(C)nc3)nc(N3C[C@@H]4C(NC(=O)OCc5ccc(NC(=O)[C@H](CCCNC(N)O)NC(=O)[C@@H](NC(=O)CCCCCN6C(=O)C=CC6=O)C(C)C)cc5)[C@@H]4C3)c12. The van der Waals surface area contributed by atoms with Crippen LogP contribution in [0.1, 0.15) is 63.8 Å². The number of fused-ring (bicyclic) bond motifs is 4. The van der Waals surface area contributed by atoms with Gasteiger partial charge in [-0.2, -0.15) is 9.97 Å². The third kappa shape index (κ3) is 12.8. The van der Waals surface area contributed by atoms with Crippen molar-refractivity contribution in [3.63, 3.8) is 0 Å². The molecule has 0 spiro atoms. The summed E-state index contributed by atoms with van der Waals surface area (Å²) in [6, 6.07) is 7.48. The number of amides is 6. The fraction of sp³-hybridized carbons (Fsp3) is 0.440. The molecule has 8 rings (SSSR count). The Bertz CT molecular complexity index is 2890. The van der Waals surface area contributed by atoms with Crippen molar-refractivity contribution >= 4 is 74.8 Å².